The number of carbonyl (C=O) groups excluding carboxylic acids is 1. The minimum Gasteiger partial charge on any atom is -0.370 e. The van der Waals surface area contributed by atoms with Crippen molar-refractivity contribution < 1.29 is 9.53 Å². The van der Waals surface area contributed by atoms with Crippen molar-refractivity contribution in [3.05, 3.63) is 69.1 Å². The molecule has 1 aromatic carbocycles. The van der Waals surface area contributed by atoms with Crippen molar-refractivity contribution in [2.45, 2.75) is 6.10 Å². The fraction of sp³-hybridized carbons (Fsp3) is 0.250. The first-order valence-electron chi connectivity index (χ1n) is 6.98. The molecule has 0 radical (unpaired) electrons. The summed E-state index contributed by atoms with van der Waals surface area (Å²) in [4.78, 5) is 27.8. The Labute approximate surface area is 132 Å². The number of morpholine rings is 1. The predicted octanol–water partition coefficient (Wildman–Crippen LogP) is 2.24. The third kappa shape index (κ3) is 3.21. The predicted molar refractivity (Wildman–Crippen MR) is 83.1 cm³/mol. The van der Waals surface area contributed by atoms with Crippen LogP contribution >= 0.6 is 11.6 Å². The van der Waals surface area contributed by atoms with Crippen molar-refractivity contribution in [2.75, 3.05) is 19.7 Å². The third-order valence-corrected chi connectivity index (χ3v) is 3.84. The zero-order chi connectivity index (χ0) is 15.5. The van der Waals surface area contributed by atoms with Crippen molar-refractivity contribution in [2.24, 2.45) is 0 Å². The van der Waals surface area contributed by atoms with E-state index in [2.05, 4.69) is 4.98 Å². The molecule has 1 saturated heterocycles. The van der Waals surface area contributed by atoms with E-state index in [9.17, 15) is 9.59 Å². The van der Waals surface area contributed by atoms with Gasteiger partial charge in [0, 0.05) is 23.8 Å². The van der Waals surface area contributed by atoms with E-state index < -0.39 is 0 Å². The van der Waals surface area contributed by atoms with Gasteiger partial charge in [-0.25, -0.2) is 0 Å². The van der Waals surface area contributed by atoms with E-state index in [0.717, 1.165) is 5.56 Å². The Kier molecular flexibility index (Phi) is 4.27. The first kappa shape index (κ1) is 14.8. The summed E-state index contributed by atoms with van der Waals surface area (Å²) in [5.74, 6) is -0.119. The maximum absolute atomic E-state index is 12.5. The van der Waals surface area contributed by atoms with Crippen molar-refractivity contribution in [3.8, 4) is 0 Å². The fourth-order valence-corrected chi connectivity index (χ4v) is 2.67. The van der Waals surface area contributed by atoms with Crippen LogP contribution in [0.3, 0.4) is 0 Å². The highest BCUT2D eigenvalue weighted by atomic mass is 35.5. The molecule has 1 aliphatic rings. The lowest BCUT2D eigenvalue weighted by Crippen LogP contribution is -2.42. The number of ether oxygens (including phenoxy) is 1. The summed E-state index contributed by atoms with van der Waals surface area (Å²) in [5, 5.41) is 0.644. The molecule has 2 heterocycles. The van der Waals surface area contributed by atoms with Crippen LogP contribution in [0, 0.1) is 0 Å². The van der Waals surface area contributed by atoms with Gasteiger partial charge < -0.3 is 14.6 Å². The lowest BCUT2D eigenvalue weighted by molar-refractivity contribution is -0.0228. The van der Waals surface area contributed by atoms with Gasteiger partial charge in [-0.15, -0.1) is 0 Å². The number of nitrogens with zero attached hydrogens (tertiary/aromatic N) is 1. The number of hydrogen-bond donors (Lipinski definition) is 1. The summed E-state index contributed by atoms with van der Waals surface area (Å²) in [7, 11) is 0. The minimum absolute atomic E-state index is 0.119. The summed E-state index contributed by atoms with van der Waals surface area (Å²) in [6.45, 7) is 1.44. The van der Waals surface area contributed by atoms with Gasteiger partial charge in [-0.1, -0.05) is 23.7 Å². The first-order valence-corrected chi connectivity index (χ1v) is 7.36. The van der Waals surface area contributed by atoms with E-state index in [4.69, 9.17) is 16.3 Å². The van der Waals surface area contributed by atoms with E-state index in [1.54, 1.807) is 11.0 Å². The van der Waals surface area contributed by atoms with Gasteiger partial charge in [0.2, 0.25) is 5.56 Å². The van der Waals surface area contributed by atoms with Gasteiger partial charge in [0.1, 0.15) is 6.10 Å². The number of benzene rings is 1. The van der Waals surface area contributed by atoms with E-state index in [1.165, 1.54) is 18.3 Å². The molecule has 114 valence electrons. The van der Waals surface area contributed by atoms with Crippen LogP contribution in [-0.4, -0.2) is 35.5 Å². The smallest absolute Gasteiger partial charge is 0.255 e. The summed E-state index contributed by atoms with van der Waals surface area (Å²) in [6.07, 6.45) is 1.24. The van der Waals surface area contributed by atoms with Gasteiger partial charge >= 0.3 is 0 Å². The van der Waals surface area contributed by atoms with Gasteiger partial charge in [-0.05, 0) is 23.8 Å². The maximum atomic E-state index is 12.5. The lowest BCUT2D eigenvalue weighted by atomic mass is 10.1. The number of aromatic amines is 1. The molecule has 6 heteroatoms. The van der Waals surface area contributed by atoms with Gasteiger partial charge in [-0.3, -0.25) is 9.59 Å². The number of amides is 1. The van der Waals surface area contributed by atoms with Crippen LogP contribution in [-0.2, 0) is 4.74 Å². The number of rotatable bonds is 2. The second-order valence-electron chi connectivity index (χ2n) is 5.11. The molecular weight excluding hydrogens is 304 g/mol. The van der Waals surface area contributed by atoms with Crippen LogP contribution in [0.5, 0.6) is 0 Å². The van der Waals surface area contributed by atoms with Gasteiger partial charge in [-0.2, -0.15) is 0 Å². The summed E-state index contributed by atoms with van der Waals surface area (Å²) in [5.41, 5.74) is 1.19. The zero-order valence-corrected chi connectivity index (χ0v) is 12.5. The number of aromatic nitrogens is 1. The van der Waals surface area contributed by atoms with Crippen LogP contribution in [0.25, 0.3) is 0 Å². The highest BCUT2D eigenvalue weighted by Gasteiger charge is 2.26. The van der Waals surface area contributed by atoms with Crippen molar-refractivity contribution in [1.29, 1.82) is 0 Å². The molecule has 0 saturated carbocycles. The average Bonchev–Trinajstić information content (AvgIpc) is 2.55. The Morgan fingerprint density at radius 1 is 1.32 bits per heavy atom. The highest BCUT2D eigenvalue weighted by molar-refractivity contribution is 6.30. The molecule has 3 rings (SSSR count). The topological polar surface area (TPSA) is 62.4 Å². The van der Waals surface area contributed by atoms with Crippen LogP contribution < -0.4 is 5.56 Å². The molecule has 1 N–H and O–H groups in total. The van der Waals surface area contributed by atoms with Gasteiger partial charge in [0.05, 0.1) is 18.7 Å². The van der Waals surface area contributed by atoms with Crippen LogP contribution in [0.1, 0.15) is 22.0 Å². The van der Waals surface area contributed by atoms with E-state index in [1.807, 2.05) is 18.2 Å². The minimum atomic E-state index is -0.227. The zero-order valence-electron chi connectivity index (χ0n) is 11.8. The Morgan fingerprint density at radius 3 is 2.91 bits per heavy atom. The second kappa shape index (κ2) is 6.34. The van der Waals surface area contributed by atoms with Gasteiger partial charge in [0.25, 0.3) is 5.91 Å². The SMILES string of the molecule is O=C(c1ccc(=O)[nH]c1)N1CCOC(c2cccc(Cl)c2)C1. The summed E-state index contributed by atoms with van der Waals surface area (Å²) >= 11 is 6.00. The molecule has 5 nitrogen and oxygen atoms in total. The molecule has 1 amide bonds. The van der Waals surface area contributed by atoms with Gasteiger partial charge in [0.15, 0.2) is 0 Å². The lowest BCUT2D eigenvalue weighted by Gasteiger charge is -2.33. The third-order valence-electron chi connectivity index (χ3n) is 3.61. The fourth-order valence-electron chi connectivity index (χ4n) is 2.47. The number of halogens is 1. The maximum Gasteiger partial charge on any atom is 0.255 e. The number of carbonyl (C=O) groups is 1. The second-order valence-corrected chi connectivity index (χ2v) is 5.54. The Hall–Kier alpha value is -2.11. The molecule has 0 spiro atoms. The Bertz CT molecular complexity index is 724. The molecule has 2 aromatic rings. The standard InChI is InChI=1S/C16H15ClN2O3/c17-13-3-1-2-11(8-13)14-10-19(6-7-22-14)16(21)12-4-5-15(20)18-9-12/h1-5,8-9,14H,6-7,10H2,(H,18,20). The largest absolute Gasteiger partial charge is 0.370 e. The van der Waals surface area contributed by atoms with Crippen molar-refractivity contribution in [3.63, 3.8) is 0 Å². The normalized spacial score (nSPS) is 18.2. The molecular formula is C16H15ClN2O3. The molecule has 1 atom stereocenters. The molecule has 1 unspecified atom stereocenters. The van der Waals surface area contributed by atoms with E-state index in [0.29, 0.717) is 30.3 Å². The highest BCUT2D eigenvalue weighted by Crippen LogP contribution is 2.25. The summed E-state index contributed by atoms with van der Waals surface area (Å²) < 4.78 is 5.74. The van der Waals surface area contributed by atoms with Crippen molar-refractivity contribution >= 4 is 17.5 Å². The molecule has 0 aliphatic carbocycles. The molecule has 1 fully saturated rings. The van der Waals surface area contributed by atoms with Crippen LogP contribution in [0.4, 0.5) is 0 Å². The number of nitrogens with one attached hydrogen (secondary N) is 1. The monoisotopic (exact) mass is 318 g/mol. The molecule has 22 heavy (non-hydrogen) atoms. The number of pyridine rings is 1. The Balaban J connectivity index is 1.76. The quantitative estimate of drug-likeness (QED) is 0.923. The number of H-pyrrole nitrogens is 1. The van der Waals surface area contributed by atoms with Crippen LogP contribution in [0.15, 0.2) is 47.4 Å². The Morgan fingerprint density at radius 2 is 2.18 bits per heavy atom. The molecule has 0 bridgehead atoms. The molecule has 1 aromatic heterocycles. The summed E-state index contributed by atoms with van der Waals surface area (Å²) in [6, 6.07) is 10.3. The van der Waals surface area contributed by atoms with E-state index in [-0.39, 0.29) is 17.6 Å². The average molecular weight is 319 g/mol. The van der Waals surface area contributed by atoms with Crippen LogP contribution in [0.2, 0.25) is 5.02 Å². The molecule has 1 aliphatic heterocycles. The van der Waals surface area contributed by atoms with E-state index >= 15 is 0 Å². The first-order chi connectivity index (χ1) is 10.6. The van der Waals surface area contributed by atoms with Crippen molar-refractivity contribution in [1.82, 2.24) is 9.88 Å². The number of hydrogen-bond acceptors (Lipinski definition) is 3.